The largest absolute Gasteiger partial charge is 0.491 e. The molecule has 0 saturated heterocycles. The van der Waals surface area contributed by atoms with E-state index < -0.39 is 0 Å². The number of pyridine rings is 1. The molecule has 0 unspecified atom stereocenters. The van der Waals surface area contributed by atoms with Crippen LogP contribution in [0.5, 0.6) is 11.6 Å². The second kappa shape index (κ2) is 8.34. The van der Waals surface area contributed by atoms with E-state index in [1.165, 1.54) is 0 Å². The molecule has 0 fully saturated rings. The number of benzene rings is 2. The van der Waals surface area contributed by atoms with E-state index in [0.717, 1.165) is 28.0 Å². The molecule has 0 amide bonds. The van der Waals surface area contributed by atoms with Gasteiger partial charge in [-0.05, 0) is 48.7 Å². The maximum absolute atomic E-state index is 5.81. The van der Waals surface area contributed by atoms with Gasteiger partial charge in [0.25, 0.3) is 0 Å². The first-order valence-electron chi connectivity index (χ1n) is 8.72. The van der Waals surface area contributed by atoms with Crippen molar-refractivity contribution in [1.82, 2.24) is 4.98 Å². The van der Waals surface area contributed by atoms with Crippen molar-refractivity contribution in [2.24, 2.45) is 0 Å². The van der Waals surface area contributed by atoms with Crippen LogP contribution in [0.3, 0.4) is 0 Å². The van der Waals surface area contributed by atoms with Gasteiger partial charge in [-0.2, -0.15) is 0 Å². The number of hydrogen-bond acceptors (Lipinski definition) is 3. The fraction of sp³-hybridized carbons (Fsp3) is 0.174. The van der Waals surface area contributed by atoms with Crippen LogP contribution in [0.15, 0.2) is 73.4 Å². The molecule has 0 bridgehead atoms. The molecule has 0 atom stereocenters. The van der Waals surface area contributed by atoms with Crippen molar-refractivity contribution >= 4 is 6.08 Å². The van der Waals surface area contributed by atoms with Gasteiger partial charge in [0.2, 0.25) is 5.88 Å². The molecule has 0 aliphatic carbocycles. The lowest BCUT2D eigenvalue weighted by Crippen LogP contribution is -2.05. The molecule has 1 aromatic heterocycles. The molecular formula is C23H23NO2. The Morgan fingerprint density at radius 3 is 2.50 bits per heavy atom. The molecule has 1 heterocycles. The highest BCUT2D eigenvalue weighted by Crippen LogP contribution is 2.29. The second-order valence-corrected chi connectivity index (χ2v) is 6.28. The van der Waals surface area contributed by atoms with Crippen LogP contribution in [0.1, 0.15) is 25.0 Å². The summed E-state index contributed by atoms with van der Waals surface area (Å²) >= 11 is 0. The molecule has 132 valence electrons. The minimum atomic E-state index is 0.129. The van der Waals surface area contributed by atoms with Crippen LogP contribution in [-0.4, -0.2) is 11.1 Å². The summed E-state index contributed by atoms with van der Waals surface area (Å²) < 4.78 is 11.6. The Hall–Kier alpha value is -3.07. The number of ether oxygens (including phenoxy) is 2. The van der Waals surface area contributed by atoms with Gasteiger partial charge in [-0.15, -0.1) is 0 Å². The third-order valence-electron chi connectivity index (χ3n) is 3.89. The van der Waals surface area contributed by atoms with E-state index in [1.807, 2.05) is 86.8 Å². The lowest BCUT2D eigenvalue weighted by atomic mass is 10.0. The van der Waals surface area contributed by atoms with Crippen LogP contribution in [0.4, 0.5) is 0 Å². The van der Waals surface area contributed by atoms with E-state index in [1.54, 1.807) is 0 Å². The SMILES string of the molecule is C=Cc1ccc(OC(C)C)cc1-c1ccc(OCc2ccccc2)nc1. The molecule has 0 aliphatic rings. The Kier molecular flexibility index (Phi) is 5.69. The zero-order chi connectivity index (χ0) is 18.4. The van der Waals surface area contributed by atoms with Crippen molar-refractivity contribution < 1.29 is 9.47 Å². The normalized spacial score (nSPS) is 10.6. The molecule has 26 heavy (non-hydrogen) atoms. The number of hydrogen-bond donors (Lipinski definition) is 0. The van der Waals surface area contributed by atoms with Gasteiger partial charge in [-0.25, -0.2) is 4.98 Å². The molecule has 3 rings (SSSR count). The van der Waals surface area contributed by atoms with Crippen molar-refractivity contribution in [3.63, 3.8) is 0 Å². The third kappa shape index (κ3) is 4.51. The van der Waals surface area contributed by atoms with Gasteiger partial charge in [-0.3, -0.25) is 0 Å². The molecular weight excluding hydrogens is 322 g/mol. The van der Waals surface area contributed by atoms with Crippen LogP contribution >= 0.6 is 0 Å². The number of aromatic nitrogens is 1. The van der Waals surface area contributed by atoms with Gasteiger partial charge in [0.15, 0.2) is 0 Å². The van der Waals surface area contributed by atoms with Crippen LogP contribution < -0.4 is 9.47 Å². The Bertz CT molecular complexity index is 855. The zero-order valence-electron chi connectivity index (χ0n) is 15.2. The number of nitrogens with zero attached hydrogens (tertiary/aromatic N) is 1. The van der Waals surface area contributed by atoms with Crippen molar-refractivity contribution in [3.8, 4) is 22.8 Å². The van der Waals surface area contributed by atoms with Crippen molar-refractivity contribution in [2.75, 3.05) is 0 Å². The maximum atomic E-state index is 5.81. The van der Waals surface area contributed by atoms with E-state index >= 15 is 0 Å². The van der Waals surface area contributed by atoms with E-state index in [9.17, 15) is 0 Å². The summed E-state index contributed by atoms with van der Waals surface area (Å²) in [6.07, 6.45) is 3.79. The lowest BCUT2D eigenvalue weighted by Gasteiger charge is -2.13. The number of rotatable bonds is 7. The van der Waals surface area contributed by atoms with E-state index in [0.29, 0.717) is 12.5 Å². The van der Waals surface area contributed by atoms with Crippen molar-refractivity contribution in [3.05, 3.63) is 84.6 Å². The molecule has 2 aromatic carbocycles. The van der Waals surface area contributed by atoms with Crippen LogP contribution in [0, 0.1) is 0 Å². The second-order valence-electron chi connectivity index (χ2n) is 6.28. The fourth-order valence-electron chi connectivity index (χ4n) is 2.67. The van der Waals surface area contributed by atoms with Crippen LogP contribution in [0.25, 0.3) is 17.2 Å². The quantitative estimate of drug-likeness (QED) is 0.546. The smallest absolute Gasteiger partial charge is 0.213 e. The summed E-state index contributed by atoms with van der Waals surface area (Å²) in [5.41, 5.74) is 4.20. The molecule has 0 saturated carbocycles. The van der Waals surface area contributed by atoms with Gasteiger partial charge >= 0.3 is 0 Å². The van der Waals surface area contributed by atoms with E-state index in [2.05, 4.69) is 11.6 Å². The molecule has 0 N–H and O–H groups in total. The van der Waals surface area contributed by atoms with Gasteiger partial charge in [0.1, 0.15) is 12.4 Å². The Balaban J connectivity index is 1.78. The third-order valence-corrected chi connectivity index (χ3v) is 3.89. The molecule has 3 heteroatoms. The molecule has 3 aromatic rings. The summed E-state index contributed by atoms with van der Waals surface area (Å²) in [4.78, 5) is 4.44. The summed E-state index contributed by atoms with van der Waals surface area (Å²) in [5.74, 6) is 1.44. The van der Waals surface area contributed by atoms with Crippen molar-refractivity contribution in [2.45, 2.75) is 26.6 Å². The molecule has 3 nitrogen and oxygen atoms in total. The first kappa shape index (κ1) is 17.7. The summed E-state index contributed by atoms with van der Waals surface area (Å²) in [6, 6.07) is 20.0. The first-order valence-corrected chi connectivity index (χ1v) is 8.72. The summed E-state index contributed by atoms with van der Waals surface area (Å²) in [5, 5.41) is 0. The fourth-order valence-corrected chi connectivity index (χ4v) is 2.67. The Morgan fingerprint density at radius 2 is 1.85 bits per heavy atom. The summed E-state index contributed by atoms with van der Waals surface area (Å²) in [6.45, 7) is 8.44. The highest BCUT2D eigenvalue weighted by Gasteiger charge is 2.08. The average Bonchev–Trinajstić information content (AvgIpc) is 2.67. The van der Waals surface area contributed by atoms with Gasteiger partial charge < -0.3 is 9.47 Å². The molecule has 0 aliphatic heterocycles. The highest BCUT2D eigenvalue weighted by atomic mass is 16.5. The Morgan fingerprint density at radius 1 is 1.04 bits per heavy atom. The molecule has 0 radical (unpaired) electrons. The maximum Gasteiger partial charge on any atom is 0.213 e. The minimum Gasteiger partial charge on any atom is -0.491 e. The van der Waals surface area contributed by atoms with Crippen LogP contribution in [-0.2, 0) is 6.61 Å². The van der Waals surface area contributed by atoms with E-state index in [4.69, 9.17) is 9.47 Å². The standard InChI is InChI=1S/C23H23NO2/c1-4-19-10-12-21(26-17(2)3)14-22(19)20-11-13-23(24-15-20)25-16-18-8-6-5-7-9-18/h4-15,17H,1,16H2,2-3H3. The zero-order valence-corrected chi connectivity index (χ0v) is 15.2. The monoisotopic (exact) mass is 345 g/mol. The van der Waals surface area contributed by atoms with Gasteiger partial charge in [-0.1, -0.05) is 49.1 Å². The topological polar surface area (TPSA) is 31.4 Å². The first-order chi connectivity index (χ1) is 12.7. The van der Waals surface area contributed by atoms with Crippen LogP contribution in [0.2, 0.25) is 0 Å². The van der Waals surface area contributed by atoms with E-state index in [-0.39, 0.29) is 6.10 Å². The predicted molar refractivity (Wildman–Crippen MR) is 106 cm³/mol. The highest BCUT2D eigenvalue weighted by molar-refractivity contribution is 5.75. The van der Waals surface area contributed by atoms with Gasteiger partial charge in [0, 0.05) is 17.8 Å². The summed E-state index contributed by atoms with van der Waals surface area (Å²) in [7, 11) is 0. The minimum absolute atomic E-state index is 0.129. The van der Waals surface area contributed by atoms with Gasteiger partial charge in [0.05, 0.1) is 6.10 Å². The lowest BCUT2D eigenvalue weighted by molar-refractivity contribution is 0.242. The Labute approximate surface area is 154 Å². The predicted octanol–water partition coefficient (Wildman–Crippen LogP) is 5.76. The molecule has 0 spiro atoms. The van der Waals surface area contributed by atoms with Crippen molar-refractivity contribution in [1.29, 1.82) is 0 Å². The average molecular weight is 345 g/mol.